The summed E-state index contributed by atoms with van der Waals surface area (Å²) in [7, 11) is 0. The molecule has 0 atom stereocenters. The number of carbonyl (C=O) groups is 1. The average molecular weight is 222 g/mol. The first-order valence-corrected chi connectivity index (χ1v) is 5.50. The van der Waals surface area contributed by atoms with E-state index in [1.165, 1.54) is 6.33 Å². The van der Waals surface area contributed by atoms with Crippen molar-refractivity contribution in [3.8, 4) is 0 Å². The minimum Gasteiger partial charge on any atom is -0.368 e. The molecule has 0 fully saturated rings. The van der Waals surface area contributed by atoms with Gasteiger partial charge in [0.15, 0.2) is 0 Å². The Bertz CT molecular complexity index is 352. The highest BCUT2D eigenvalue weighted by Crippen LogP contribution is 2.05. The predicted molar refractivity (Wildman–Crippen MR) is 63.4 cm³/mol. The second kappa shape index (κ2) is 6.05. The van der Waals surface area contributed by atoms with Crippen LogP contribution in [0.15, 0.2) is 12.4 Å². The van der Waals surface area contributed by atoms with Gasteiger partial charge in [-0.05, 0) is 20.3 Å². The first-order valence-electron chi connectivity index (χ1n) is 5.50. The monoisotopic (exact) mass is 222 g/mol. The molecule has 0 radical (unpaired) electrons. The molecule has 0 saturated carbocycles. The van der Waals surface area contributed by atoms with Gasteiger partial charge in [0.1, 0.15) is 17.8 Å². The summed E-state index contributed by atoms with van der Waals surface area (Å²) >= 11 is 0. The van der Waals surface area contributed by atoms with Gasteiger partial charge < -0.3 is 10.6 Å². The van der Waals surface area contributed by atoms with Crippen LogP contribution < -0.4 is 10.6 Å². The maximum absolute atomic E-state index is 11.6. The average Bonchev–Trinajstić information content (AvgIpc) is 2.25. The van der Waals surface area contributed by atoms with E-state index < -0.39 is 0 Å². The summed E-state index contributed by atoms with van der Waals surface area (Å²) in [5.74, 6) is 0.516. The third-order valence-electron chi connectivity index (χ3n) is 1.87. The molecule has 0 saturated heterocycles. The number of hydrogen-bond donors (Lipinski definition) is 2. The van der Waals surface area contributed by atoms with Crippen molar-refractivity contribution >= 4 is 11.7 Å². The van der Waals surface area contributed by atoms with Crippen molar-refractivity contribution in [1.29, 1.82) is 0 Å². The van der Waals surface area contributed by atoms with Crippen LogP contribution in [-0.2, 0) is 0 Å². The lowest BCUT2D eigenvalue weighted by atomic mass is 10.3. The molecule has 1 aromatic rings. The van der Waals surface area contributed by atoms with Crippen molar-refractivity contribution in [1.82, 2.24) is 15.3 Å². The quantitative estimate of drug-likeness (QED) is 0.791. The fraction of sp³-hybridized carbons (Fsp3) is 0.545. The van der Waals surface area contributed by atoms with Crippen LogP contribution in [0.3, 0.4) is 0 Å². The molecule has 0 aromatic carbocycles. The van der Waals surface area contributed by atoms with E-state index in [1.54, 1.807) is 6.07 Å². The molecule has 5 nitrogen and oxygen atoms in total. The first-order chi connectivity index (χ1) is 7.63. The molecule has 1 heterocycles. The Balaban J connectivity index is 2.69. The standard InChI is InChI=1S/C11H18N4O/c1-4-5-12-11(16)9-6-10(14-7-13-9)15-8(2)3/h6-8H,4-5H2,1-3H3,(H,12,16)(H,13,14,15). The number of aromatic nitrogens is 2. The van der Waals surface area contributed by atoms with Crippen molar-refractivity contribution < 1.29 is 4.79 Å². The molecule has 0 aliphatic heterocycles. The van der Waals surface area contributed by atoms with Crippen LogP contribution >= 0.6 is 0 Å². The van der Waals surface area contributed by atoms with E-state index in [9.17, 15) is 4.79 Å². The first kappa shape index (κ1) is 12.4. The van der Waals surface area contributed by atoms with Crippen LogP contribution in [0.5, 0.6) is 0 Å². The second-order valence-electron chi connectivity index (χ2n) is 3.84. The van der Waals surface area contributed by atoms with Crippen LogP contribution in [0.1, 0.15) is 37.7 Å². The maximum Gasteiger partial charge on any atom is 0.270 e. The highest BCUT2D eigenvalue weighted by Gasteiger charge is 2.07. The number of nitrogens with one attached hydrogen (secondary N) is 2. The molecule has 0 aliphatic rings. The van der Waals surface area contributed by atoms with Crippen LogP contribution in [0.2, 0.25) is 0 Å². The Morgan fingerprint density at radius 3 is 2.81 bits per heavy atom. The van der Waals surface area contributed by atoms with E-state index in [4.69, 9.17) is 0 Å². The summed E-state index contributed by atoms with van der Waals surface area (Å²) in [5, 5.41) is 5.90. The minimum atomic E-state index is -0.156. The molecule has 0 unspecified atom stereocenters. The third kappa shape index (κ3) is 3.84. The zero-order chi connectivity index (χ0) is 12.0. The number of hydrogen-bond acceptors (Lipinski definition) is 4. The van der Waals surface area contributed by atoms with Gasteiger partial charge in [-0.3, -0.25) is 4.79 Å². The Morgan fingerprint density at radius 2 is 2.19 bits per heavy atom. The lowest BCUT2D eigenvalue weighted by molar-refractivity contribution is 0.0948. The summed E-state index contributed by atoms with van der Waals surface area (Å²) < 4.78 is 0. The molecule has 1 amide bonds. The SMILES string of the molecule is CCCNC(=O)c1cc(NC(C)C)ncn1. The van der Waals surface area contributed by atoms with Crippen LogP contribution in [-0.4, -0.2) is 28.5 Å². The second-order valence-corrected chi connectivity index (χ2v) is 3.84. The highest BCUT2D eigenvalue weighted by atomic mass is 16.1. The molecule has 5 heteroatoms. The van der Waals surface area contributed by atoms with Gasteiger partial charge in [0, 0.05) is 18.7 Å². The van der Waals surface area contributed by atoms with Crippen molar-refractivity contribution in [2.75, 3.05) is 11.9 Å². The summed E-state index contributed by atoms with van der Waals surface area (Å²) in [5.41, 5.74) is 0.395. The van der Waals surface area contributed by atoms with Gasteiger partial charge in [0.05, 0.1) is 0 Å². The summed E-state index contributed by atoms with van der Waals surface area (Å²) in [6.07, 6.45) is 2.31. The molecule has 0 aliphatic carbocycles. The van der Waals surface area contributed by atoms with Gasteiger partial charge >= 0.3 is 0 Å². The van der Waals surface area contributed by atoms with E-state index in [0.29, 0.717) is 18.1 Å². The fourth-order valence-corrected chi connectivity index (χ4v) is 1.19. The smallest absolute Gasteiger partial charge is 0.270 e. The molecule has 0 spiro atoms. The van der Waals surface area contributed by atoms with Gasteiger partial charge in [-0.2, -0.15) is 0 Å². The van der Waals surface area contributed by atoms with Crippen LogP contribution in [0.4, 0.5) is 5.82 Å². The third-order valence-corrected chi connectivity index (χ3v) is 1.87. The Labute approximate surface area is 95.7 Å². The maximum atomic E-state index is 11.6. The van der Waals surface area contributed by atoms with E-state index in [2.05, 4.69) is 20.6 Å². The molecule has 88 valence electrons. The molecule has 16 heavy (non-hydrogen) atoms. The topological polar surface area (TPSA) is 66.9 Å². The molecule has 1 aromatic heterocycles. The Kier molecular flexibility index (Phi) is 4.69. The largest absolute Gasteiger partial charge is 0.368 e. The molecular weight excluding hydrogens is 204 g/mol. The molecular formula is C11H18N4O. The van der Waals surface area contributed by atoms with Crippen molar-refractivity contribution in [2.24, 2.45) is 0 Å². The minimum absolute atomic E-state index is 0.156. The van der Waals surface area contributed by atoms with Crippen molar-refractivity contribution in [3.05, 3.63) is 18.1 Å². The lowest BCUT2D eigenvalue weighted by Gasteiger charge is -2.09. The van der Waals surface area contributed by atoms with E-state index in [0.717, 1.165) is 6.42 Å². The molecule has 1 rings (SSSR count). The summed E-state index contributed by atoms with van der Waals surface area (Å²) in [4.78, 5) is 19.6. The number of anilines is 1. The zero-order valence-corrected chi connectivity index (χ0v) is 9.95. The van der Waals surface area contributed by atoms with Crippen molar-refractivity contribution in [2.45, 2.75) is 33.2 Å². The normalized spacial score (nSPS) is 10.2. The number of carbonyl (C=O) groups excluding carboxylic acids is 1. The molecule has 2 N–H and O–H groups in total. The summed E-state index contributed by atoms with van der Waals surface area (Å²) in [6, 6.07) is 1.94. The predicted octanol–water partition coefficient (Wildman–Crippen LogP) is 1.44. The van der Waals surface area contributed by atoms with Gasteiger partial charge in [-0.15, -0.1) is 0 Å². The van der Waals surface area contributed by atoms with Gasteiger partial charge in [-0.1, -0.05) is 6.92 Å². The Hall–Kier alpha value is -1.65. The number of nitrogens with zero attached hydrogens (tertiary/aromatic N) is 2. The van der Waals surface area contributed by atoms with E-state index in [1.807, 2.05) is 20.8 Å². The number of rotatable bonds is 5. The molecule has 0 bridgehead atoms. The highest BCUT2D eigenvalue weighted by molar-refractivity contribution is 5.92. The van der Waals surface area contributed by atoms with Crippen LogP contribution in [0, 0.1) is 0 Å². The Morgan fingerprint density at radius 1 is 1.44 bits per heavy atom. The zero-order valence-electron chi connectivity index (χ0n) is 9.95. The summed E-state index contributed by atoms with van der Waals surface area (Å²) in [6.45, 7) is 6.69. The van der Waals surface area contributed by atoms with E-state index >= 15 is 0 Å². The van der Waals surface area contributed by atoms with E-state index in [-0.39, 0.29) is 11.9 Å². The fourth-order valence-electron chi connectivity index (χ4n) is 1.19. The van der Waals surface area contributed by atoms with Crippen molar-refractivity contribution in [3.63, 3.8) is 0 Å². The van der Waals surface area contributed by atoms with Gasteiger partial charge in [0.25, 0.3) is 5.91 Å². The van der Waals surface area contributed by atoms with Crippen LogP contribution in [0.25, 0.3) is 0 Å². The van der Waals surface area contributed by atoms with Gasteiger partial charge in [0.2, 0.25) is 0 Å². The van der Waals surface area contributed by atoms with Gasteiger partial charge in [-0.25, -0.2) is 9.97 Å². The lowest BCUT2D eigenvalue weighted by Crippen LogP contribution is -2.25. The number of amides is 1.